The second-order valence-corrected chi connectivity index (χ2v) is 19.6. The molecule has 4 aromatic heterocycles. The third kappa shape index (κ3) is 12.0. The van der Waals surface area contributed by atoms with Crippen molar-refractivity contribution in [2.75, 3.05) is 35.6 Å². The lowest BCUT2D eigenvalue weighted by atomic mass is 10.0. The summed E-state index contributed by atoms with van der Waals surface area (Å²) in [7, 11) is 0. The number of carbonyl (C=O) groups is 2. The molecular weight excluding hydrogens is 913 g/mol. The number of imidazole rings is 2. The molecule has 7 aromatic rings. The van der Waals surface area contributed by atoms with Gasteiger partial charge in [0.2, 0.25) is 0 Å². The molecule has 0 radical (unpaired) electrons. The van der Waals surface area contributed by atoms with Gasteiger partial charge in [0, 0.05) is 59.2 Å². The second kappa shape index (κ2) is 19.4. The lowest BCUT2D eigenvalue weighted by Crippen LogP contribution is -2.29. The highest BCUT2D eigenvalue weighted by Gasteiger charge is 2.26. The number of benzene rings is 3. The number of hydrogen-bond donors (Lipinski definition) is 8. The lowest BCUT2D eigenvalue weighted by Gasteiger charge is -2.19. The van der Waals surface area contributed by atoms with Crippen molar-refractivity contribution in [3.8, 4) is 22.5 Å². The Morgan fingerprint density at radius 3 is 1.63 bits per heavy atom. The van der Waals surface area contributed by atoms with E-state index in [-0.39, 0.29) is 11.8 Å². The van der Waals surface area contributed by atoms with Gasteiger partial charge in [0.15, 0.2) is 17.1 Å². The second-order valence-electron chi connectivity index (χ2n) is 18.8. The van der Waals surface area contributed by atoms with Crippen molar-refractivity contribution < 1.29 is 19.8 Å². The van der Waals surface area contributed by atoms with E-state index >= 15 is 0 Å². The summed E-state index contributed by atoms with van der Waals surface area (Å²) in [4.78, 5) is 34.2. The van der Waals surface area contributed by atoms with E-state index in [1.807, 2.05) is 86.6 Å². The molecule has 0 unspecified atom stereocenters. The SMILES string of the molecule is Cc1cc(-c2cnc3c(NCC(C)(C)O)cc(Br)nn23)ccc1C(=O)NC1CC1.Cc1cc(-c2cnc3c(NCC(C)(C)O)cc(Nc4ccc(CCN)cc4)nn23)ccc1C(=O)NC1CC1. The predicted molar refractivity (Wildman–Crippen MR) is 267 cm³/mol. The number of fused-ring (bicyclic) bond motifs is 2. The molecule has 2 amide bonds. The summed E-state index contributed by atoms with van der Waals surface area (Å²) in [6.07, 6.45) is 8.60. The number of aliphatic hydroxyl groups is 2. The molecule has 2 aliphatic carbocycles. The number of aryl methyl sites for hydroxylation is 2. The average Bonchev–Trinajstić information content (AvgIpc) is 4.19. The van der Waals surface area contributed by atoms with Crippen LogP contribution >= 0.6 is 15.9 Å². The molecule has 67 heavy (non-hydrogen) atoms. The first-order valence-corrected chi connectivity index (χ1v) is 23.5. The van der Waals surface area contributed by atoms with Crippen LogP contribution in [-0.2, 0) is 6.42 Å². The molecule has 9 N–H and O–H groups in total. The van der Waals surface area contributed by atoms with Crippen LogP contribution in [0.1, 0.15) is 90.8 Å². The standard InChI is InChI=1S/C29H35N7O2.C21H24BrN5O2/c1-18-14-20(6-11-23(18)28(37)34-22-9-10-22)25-16-31-27-24(32-17-29(2,3)38)15-26(35-36(25)27)33-21-7-4-19(5-8-21)12-13-30;1-12-8-13(4-7-15(12)20(28)25-14-5-6-14)17-10-23-19-16(24-11-21(2,3)29)9-18(22)26-27(17)19/h4-8,11,14-16,22,32,38H,9-10,12-13,17,30H2,1-3H3,(H,33,35)(H,34,37);4,7-10,14,24,29H,5-6,11H2,1-3H3,(H,25,28). The minimum Gasteiger partial charge on any atom is -0.389 e. The Hall–Kier alpha value is -6.40. The molecule has 0 aliphatic heterocycles. The van der Waals surface area contributed by atoms with E-state index in [2.05, 4.69) is 57.6 Å². The Bertz CT molecular complexity index is 2930. The number of amides is 2. The molecule has 2 fully saturated rings. The summed E-state index contributed by atoms with van der Waals surface area (Å²) in [5.74, 6) is 0.572. The van der Waals surface area contributed by atoms with Gasteiger partial charge >= 0.3 is 0 Å². The zero-order chi connectivity index (χ0) is 47.6. The van der Waals surface area contributed by atoms with E-state index in [4.69, 9.17) is 10.8 Å². The van der Waals surface area contributed by atoms with E-state index < -0.39 is 11.2 Å². The molecule has 2 saturated carbocycles. The Kier molecular flexibility index (Phi) is 13.7. The van der Waals surface area contributed by atoms with Crippen molar-refractivity contribution in [1.82, 2.24) is 39.8 Å². The smallest absolute Gasteiger partial charge is 0.251 e. The van der Waals surface area contributed by atoms with Crippen molar-refractivity contribution >= 4 is 61.9 Å². The zero-order valence-electron chi connectivity index (χ0n) is 38.7. The van der Waals surface area contributed by atoms with Gasteiger partial charge in [0.25, 0.3) is 11.8 Å². The third-order valence-electron chi connectivity index (χ3n) is 11.3. The minimum atomic E-state index is -0.907. The molecule has 17 heteroatoms. The van der Waals surface area contributed by atoms with Crippen LogP contribution in [0.2, 0.25) is 0 Å². The number of aromatic nitrogens is 6. The van der Waals surface area contributed by atoms with Gasteiger partial charge in [-0.05, 0) is 155 Å². The molecule has 16 nitrogen and oxygen atoms in total. The summed E-state index contributed by atoms with van der Waals surface area (Å²) in [5, 5.41) is 45.7. The largest absolute Gasteiger partial charge is 0.389 e. The zero-order valence-corrected chi connectivity index (χ0v) is 40.3. The highest BCUT2D eigenvalue weighted by molar-refractivity contribution is 9.10. The molecule has 3 aromatic carbocycles. The van der Waals surface area contributed by atoms with E-state index in [9.17, 15) is 19.8 Å². The van der Waals surface area contributed by atoms with Crippen LogP contribution in [0.15, 0.2) is 89.8 Å². The van der Waals surface area contributed by atoms with Gasteiger partial charge in [-0.15, -0.1) is 5.10 Å². The van der Waals surface area contributed by atoms with E-state index in [1.165, 1.54) is 5.56 Å². The highest BCUT2D eigenvalue weighted by Crippen LogP contribution is 2.31. The Morgan fingerprint density at radius 2 is 1.18 bits per heavy atom. The van der Waals surface area contributed by atoms with Crippen molar-refractivity contribution in [2.24, 2.45) is 5.73 Å². The van der Waals surface area contributed by atoms with Gasteiger partial charge in [0.05, 0.1) is 46.4 Å². The Morgan fingerprint density at radius 1 is 0.701 bits per heavy atom. The van der Waals surface area contributed by atoms with E-state index in [0.29, 0.717) is 64.6 Å². The monoisotopic (exact) mass is 970 g/mol. The average molecular weight is 972 g/mol. The van der Waals surface area contributed by atoms with Gasteiger partial charge in [-0.3, -0.25) is 9.59 Å². The Labute approximate surface area is 398 Å². The van der Waals surface area contributed by atoms with Crippen LogP contribution in [0.25, 0.3) is 33.8 Å². The number of nitrogens with zero attached hydrogens (tertiary/aromatic N) is 6. The first-order valence-electron chi connectivity index (χ1n) is 22.7. The minimum absolute atomic E-state index is 0.0198. The number of anilines is 4. The number of nitrogens with one attached hydrogen (secondary N) is 5. The maximum Gasteiger partial charge on any atom is 0.251 e. The summed E-state index contributed by atoms with van der Waals surface area (Å²) in [6, 6.07) is 24.0. The van der Waals surface area contributed by atoms with Crippen LogP contribution in [0.3, 0.4) is 0 Å². The molecule has 2 aliphatic rings. The molecular formula is C50H59BrN12O4. The van der Waals surface area contributed by atoms with Crippen molar-refractivity contribution in [3.05, 3.63) is 118 Å². The third-order valence-corrected chi connectivity index (χ3v) is 11.7. The van der Waals surface area contributed by atoms with Gasteiger partial charge < -0.3 is 42.5 Å². The molecule has 0 atom stereocenters. The molecule has 0 saturated heterocycles. The van der Waals surface area contributed by atoms with E-state index in [0.717, 1.165) is 82.8 Å². The maximum atomic E-state index is 12.6. The number of carbonyl (C=O) groups excluding carboxylic acids is 2. The quantitative estimate of drug-likeness (QED) is 0.0470. The summed E-state index contributed by atoms with van der Waals surface area (Å²) in [6.45, 7) is 12.2. The Balaban J connectivity index is 0.000000188. The maximum absolute atomic E-state index is 12.6. The van der Waals surface area contributed by atoms with Crippen molar-refractivity contribution in [1.29, 1.82) is 0 Å². The van der Waals surface area contributed by atoms with Crippen LogP contribution in [0, 0.1) is 13.8 Å². The number of halogens is 1. The molecule has 9 rings (SSSR count). The fourth-order valence-corrected chi connectivity index (χ4v) is 7.84. The fraction of sp³-hybridized carbons (Fsp3) is 0.360. The van der Waals surface area contributed by atoms with Gasteiger partial charge in [-0.25, -0.2) is 19.0 Å². The topological polar surface area (TPSA) is 221 Å². The van der Waals surface area contributed by atoms with Crippen molar-refractivity contribution in [3.63, 3.8) is 0 Å². The fourth-order valence-electron chi connectivity index (χ4n) is 7.45. The molecule has 350 valence electrons. The molecule has 0 bridgehead atoms. The van der Waals surface area contributed by atoms with Gasteiger partial charge in [-0.1, -0.05) is 24.3 Å². The predicted octanol–water partition coefficient (Wildman–Crippen LogP) is 7.57. The number of rotatable bonds is 16. The van der Waals surface area contributed by atoms with Crippen molar-refractivity contribution in [2.45, 2.75) is 96.9 Å². The van der Waals surface area contributed by atoms with Crippen LogP contribution in [0.5, 0.6) is 0 Å². The van der Waals surface area contributed by atoms with Gasteiger partial charge in [0.1, 0.15) is 4.60 Å². The summed E-state index contributed by atoms with van der Waals surface area (Å²) in [5.41, 5.74) is 15.4. The van der Waals surface area contributed by atoms with E-state index in [1.54, 1.807) is 49.1 Å². The number of nitrogens with two attached hydrogens (primary N) is 1. The normalized spacial score (nSPS) is 13.8. The summed E-state index contributed by atoms with van der Waals surface area (Å²) < 4.78 is 4.20. The van der Waals surface area contributed by atoms with Crippen LogP contribution < -0.4 is 32.3 Å². The number of hydrogen-bond acceptors (Lipinski definition) is 12. The molecule has 4 heterocycles. The first-order chi connectivity index (χ1) is 31.9. The first kappa shape index (κ1) is 47.1. The lowest BCUT2D eigenvalue weighted by molar-refractivity contribution is 0.0939. The summed E-state index contributed by atoms with van der Waals surface area (Å²) >= 11 is 3.45. The van der Waals surface area contributed by atoms with Crippen LogP contribution in [0.4, 0.5) is 22.9 Å². The highest BCUT2D eigenvalue weighted by atomic mass is 79.9. The van der Waals surface area contributed by atoms with Crippen LogP contribution in [-0.4, -0.2) is 94.1 Å². The molecule has 0 spiro atoms. The van der Waals surface area contributed by atoms with Gasteiger partial charge in [-0.2, -0.15) is 5.10 Å².